The lowest BCUT2D eigenvalue weighted by Gasteiger charge is -2.16. The fraction of sp³-hybridized carbons (Fsp3) is 1.00. The molecule has 1 fully saturated rings. The molecule has 0 aromatic carbocycles. The van der Waals surface area contributed by atoms with Crippen molar-refractivity contribution in [1.29, 1.82) is 0 Å². The summed E-state index contributed by atoms with van der Waals surface area (Å²) in [6.45, 7) is 3.38. The van der Waals surface area contributed by atoms with Crippen LogP contribution in [0, 0.1) is 5.92 Å². The summed E-state index contributed by atoms with van der Waals surface area (Å²) < 4.78 is 5.30. The maximum Gasteiger partial charge on any atom is 0.0809 e. The molecule has 0 radical (unpaired) electrons. The van der Waals surface area contributed by atoms with Gasteiger partial charge in [-0.1, -0.05) is 6.92 Å². The molecule has 3 heteroatoms. The molecule has 1 N–H and O–H groups in total. The van der Waals surface area contributed by atoms with Crippen LogP contribution in [0.25, 0.3) is 0 Å². The van der Waals surface area contributed by atoms with E-state index in [9.17, 15) is 5.11 Å². The minimum absolute atomic E-state index is 0.230. The van der Waals surface area contributed by atoms with Gasteiger partial charge in [-0.15, -0.1) is 0 Å². The van der Waals surface area contributed by atoms with Crippen LogP contribution in [0.15, 0.2) is 0 Å². The minimum Gasteiger partial charge on any atom is -0.390 e. The van der Waals surface area contributed by atoms with Gasteiger partial charge in [-0.2, -0.15) is 11.8 Å². The highest BCUT2D eigenvalue weighted by Gasteiger charge is 2.23. The number of rotatable bonds is 5. The second-order valence-corrected chi connectivity index (χ2v) is 4.42. The summed E-state index contributed by atoms with van der Waals surface area (Å²) in [5.41, 5.74) is 0. The van der Waals surface area contributed by atoms with Crippen LogP contribution in [-0.4, -0.2) is 35.9 Å². The van der Waals surface area contributed by atoms with Crippen molar-refractivity contribution < 1.29 is 9.84 Å². The summed E-state index contributed by atoms with van der Waals surface area (Å²) in [5, 5.41) is 9.64. The zero-order valence-electron chi connectivity index (χ0n) is 7.66. The van der Waals surface area contributed by atoms with Gasteiger partial charge in [0.15, 0.2) is 0 Å². The highest BCUT2D eigenvalue weighted by molar-refractivity contribution is 7.99. The largest absolute Gasteiger partial charge is 0.390 e. The van der Waals surface area contributed by atoms with Gasteiger partial charge >= 0.3 is 0 Å². The van der Waals surface area contributed by atoms with Crippen LogP contribution in [0.3, 0.4) is 0 Å². The lowest BCUT2D eigenvalue weighted by molar-refractivity contribution is 0.0110. The number of aliphatic hydroxyl groups is 1. The normalized spacial score (nSPS) is 26.0. The molecule has 0 saturated carbocycles. The predicted octanol–water partition coefficient (Wildman–Crippen LogP) is 1.53. The first-order chi connectivity index (χ1) is 5.84. The van der Waals surface area contributed by atoms with Crippen LogP contribution in [0.2, 0.25) is 0 Å². The van der Waals surface area contributed by atoms with Crippen molar-refractivity contribution in [3.8, 4) is 0 Å². The maximum atomic E-state index is 9.64. The molecule has 0 bridgehead atoms. The van der Waals surface area contributed by atoms with Crippen molar-refractivity contribution in [2.75, 3.05) is 24.7 Å². The van der Waals surface area contributed by atoms with E-state index in [2.05, 4.69) is 6.92 Å². The van der Waals surface area contributed by atoms with E-state index in [4.69, 9.17) is 4.74 Å². The molecule has 0 aromatic heterocycles. The Bertz CT molecular complexity index is 113. The molecule has 0 aliphatic carbocycles. The van der Waals surface area contributed by atoms with Gasteiger partial charge in [-0.05, 0) is 30.3 Å². The quantitative estimate of drug-likeness (QED) is 0.667. The first-order valence-electron chi connectivity index (χ1n) is 4.68. The average molecular weight is 190 g/mol. The molecule has 2 unspecified atom stereocenters. The van der Waals surface area contributed by atoms with Crippen LogP contribution in [0.5, 0.6) is 0 Å². The highest BCUT2D eigenvalue weighted by atomic mass is 32.2. The topological polar surface area (TPSA) is 29.5 Å². The lowest BCUT2D eigenvalue weighted by Crippen LogP contribution is -2.25. The predicted molar refractivity (Wildman–Crippen MR) is 52.5 cm³/mol. The first-order valence-corrected chi connectivity index (χ1v) is 5.83. The van der Waals surface area contributed by atoms with Crippen molar-refractivity contribution in [1.82, 2.24) is 0 Å². The van der Waals surface area contributed by atoms with Gasteiger partial charge in [0, 0.05) is 6.61 Å². The summed E-state index contributed by atoms with van der Waals surface area (Å²) in [6.07, 6.45) is 1.96. The fourth-order valence-electron chi connectivity index (χ4n) is 1.34. The van der Waals surface area contributed by atoms with Gasteiger partial charge in [0.05, 0.1) is 12.7 Å². The molecule has 2 atom stereocenters. The Balaban J connectivity index is 2.05. The summed E-state index contributed by atoms with van der Waals surface area (Å²) >= 11 is 1.93. The van der Waals surface area contributed by atoms with Crippen molar-refractivity contribution in [2.45, 2.75) is 25.9 Å². The standard InChI is InChI=1S/C9H18O2S/c1-2-4-11-6-9(10)8-3-5-12-7-8/h8-10H,2-7H2,1H3. The lowest BCUT2D eigenvalue weighted by atomic mass is 10.0. The molecule has 12 heavy (non-hydrogen) atoms. The maximum absolute atomic E-state index is 9.64. The van der Waals surface area contributed by atoms with Crippen LogP contribution in [-0.2, 0) is 4.74 Å². The van der Waals surface area contributed by atoms with Crippen LogP contribution >= 0.6 is 11.8 Å². The third-order valence-corrected chi connectivity index (χ3v) is 3.33. The number of aliphatic hydroxyl groups excluding tert-OH is 1. The number of thioether (sulfide) groups is 1. The first kappa shape index (κ1) is 10.4. The number of hydrogen-bond donors (Lipinski definition) is 1. The van der Waals surface area contributed by atoms with E-state index in [1.54, 1.807) is 0 Å². The number of ether oxygens (including phenoxy) is 1. The zero-order valence-corrected chi connectivity index (χ0v) is 8.48. The van der Waals surface area contributed by atoms with Crippen LogP contribution < -0.4 is 0 Å². The molecule has 1 rings (SSSR count). The molecule has 1 saturated heterocycles. The molecule has 1 aliphatic rings. The van der Waals surface area contributed by atoms with Crippen LogP contribution in [0.1, 0.15) is 19.8 Å². The second kappa shape index (κ2) is 5.84. The van der Waals surface area contributed by atoms with Crippen molar-refractivity contribution >= 4 is 11.8 Å². The second-order valence-electron chi connectivity index (χ2n) is 3.27. The Morgan fingerprint density at radius 3 is 3.08 bits per heavy atom. The van der Waals surface area contributed by atoms with Gasteiger partial charge in [0.2, 0.25) is 0 Å². The number of hydrogen-bond acceptors (Lipinski definition) is 3. The molecule has 2 nitrogen and oxygen atoms in total. The van der Waals surface area contributed by atoms with Gasteiger partial charge in [0.1, 0.15) is 0 Å². The molecule has 72 valence electrons. The van der Waals surface area contributed by atoms with Gasteiger partial charge in [0.25, 0.3) is 0 Å². The van der Waals surface area contributed by atoms with Gasteiger partial charge in [-0.25, -0.2) is 0 Å². The Labute approximate surface area is 78.7 Å². The summed E-state index contributed by atoms with van der Waals surface area (Å²) in [4.78, 5) is 0. The molecular formula is C9H18O2S. The zero-order chi connectivity index (χ0) is 8.81. The summed E-state index contributed by atoms with van der Waals surface area (Å²) in [6, 6.07) is 0. The molecule has 1 heterocycles. The van der Waals surface area contributed by atoms with E-state index >= 15 is 0 Å². The Kier molecular flexibility index (Phi) is 5.04. The van der Waals surface area contributed by atoms with E-state index in [1.807, 2.05) is 11.8 Å². The Morgan fingerprint density at radius 2 is 2.50 bits per heavy atom. The van der Waals surface area contributed by atoms with E-state index in [-0.39, 0.29) is 6.10 Å². The van der Waals surface area contributed by atoms with Crippen molar-refractivity contribution in [3.05, 3.63) is 0 Å². The van der Waals surface area contributed by atoms with Gasteiger partial charge in [-0.3, -0.25) is 0 Å². The SMILES string of the molecule is CCCOCC(O)C1CCSC1. The highest BCUT2D eigenvalue weighted by Crippen LogP contribution is 2.26. The summed E-state index contributed by atoms with van der Waals surface area (Å²) in [7, 11) is 0. The van der Waals surface area contributed by atoms with Crippen molar-refractivity contribution in [2.24, 2.45) is 5.92 Å². The monoisotopic (exact) mass is 190 g/mol. The van der Waals surface area contributed by atoms with E-state index in [0.29, 0.717) is 12.5 Å². The van der Waals surface area contributed by atoms with Crippen LogP contribution in [0.4, 0.5) is 0 Å². The average Bonchev–Trinajstić information content (AvgIpc) is 2.56. The molecule has 0 aromatic rings. The third-order valence-electron chi connectivity index (χ3n) is 2.15. The Morgan fingerprint density at radius 1 is 1.67 bits per heavy atom. The van der Waals surface area contributed by atoms with Crippen molar-refractivity contribution in [3.63, 3.8) is 0 Å². The molecule has 0 amide bonds. The van der Waals surface area contributed by atoms with E-state index < -0.39 is 0 Å². The Hall–Kier alpha value is 0.270. The molecule has 1 aliphatic heterocycles. The summed E-state index contributed by atoms with van der Waals surface area (Å²) in [5.74, 6) is 2.79. The fourth-order valence-corrected chi connectivity index (χ4v) is 2.67. The van der Waals surface area contributed by atoms with Gasteiger partial charge < -0.3 is 9.84 Å². The molecule has 0 spiro atoms. The smallest absolute Gasteiger partial charge is 0.0809 e. The third kappa shape index (κ3) is 3.33. The molecular weight excluding hydrogens is 172 g/mol. The van der Waals surface area contributed by atoms with E-state index in [0.717, 1.165) is 25.2 Å². The van der Waals surface area contributed by atoms with E-state index in [1.165, 1.54) is 5.75 Å². The minimum atomic E-state index is -0.230.